The topological polar surface area (TPSA) is 59.9 Å². The van der Waals surface area contributed by atoms with Crippen LogP contribution < -0.4 is 10.1 Å². The van der Waals surface area contributed by atoms with E-state index in [4.69, 9.17) is 4.74 Å². The zero-order valence-electron chi connectivity index (χ0n) is 10.0. The smallest absolute Gasteiger partial charge is 0.321 e. The van der Waals surface area contributed by atoms with Crippen LogP contribution in [0, 0.1) is 6.92 Å². The first-order valence-electron chi connectivity index (χ1n) is 5.35. The Morgan fingerprint density at radius 3 is 2.76 bits per heavy atom. The largest absolute Gasteiger partial charge is 0.464 e. The molecule has 0 saturated carbocycles. The minimum absolute atomic E-state index is 0.356. The standard InChI is InChI=1S/C11H14N4OS/c1-4-16-11-14-9(13-10(12-3)15-11)8-7(2)5-6-17-8/h5-6H,4H2,1-3H3,(H,12,13,14,15). The highest BCUT2D eigenvalue weighted by Crippen LogP contribution is 2.27. The van der Waals surface area contributed by atoms with E-state index in [0.717, 1.165) is 10.4 Å². The van der Waals surface area contributed by atoms with Gasteiger partial charge in [-0.1, -0.05) is 0 Å². The molecule has 0 bridgehead atoms. The van der Waals surface area contributed by atoms with Crippen molar-refractivity contribution >= 4 is 17.3 Å². The van der Waals surface area contributed by atoms with Crippen LogP contribution in [-0.2, 0) is 0 Å². The number of hydrogen-bond acceptors (Lipinski definition) is 6. The average Bonchev–Trinajstić information content (AvgIpc) is 2.75. The molecule has 2 rings (SSSR count). The first-order chi connectivity index (χ1) is 8.24. The van der Waals surface area contributed by atoms with Crippen molar-refractivity contribution in [3.05, 3.63) is 17.0 Å². The predicted octanol–water partition coefficient (Wildman–Crippen LogP) is 2.35. The highest BCUT2D eigenvalue weighted by atomic mass is 32.1. The zero-order valence-corrected chi connectivity index (χ0v) is 10.8. The Balaban J connectivity index is 2.46. The Morgan fingerprint density at radius 2 is 2.18 bits per heavy atom. The van der Waals surface area contributed by atoms with Crippen molar-refractivity contribution in [3.8, 4) is 16.7 Å². The molecule has 0 atom stereocenters. The summed E-state index contributed by atoms with van der Waals surface area (Å²) in [5.41, 5.74) is 1.16. The summed E-state index contributed by atoms with van der Waals surface area (Å²) in [6.07, 6.45) is 0. The van der Waals surface area contributed by atoms with Gasteiger partial charge in [-0.3, -0.25) is 0 Å². The molecule has 0 fully saturated rings. The summed E-state index contributed by atoms with van der Waals surface area (Å²) in [6.45, 7) is 4.48. The van der Waals surface area contributed by atoms with E-state index in [1.54, 1.807) is 18.4 Å². The van der Waals surface area contributed by atoms with Gasteiger partial charge in [-0.05, 0) is 30.9 Å². The number of hydrogen-bond donors (Lipinski definition) is 1. The van der Waals surface area contributed by atoms with Crippen LogP contribution in [0.4, 0.5) is 5.95 Å². The molecule has 0 aliphatic heterocycles. The summed E-state index contributed by atoms with van der Waals surface area (Å²) in [6, 6.07) is 2.40. The van der Waals surface area contributed by atoms with Crippen molar-refractivity contribution in [1.82, 2.24) is 15.0 Å². The molecule has 0 amide bonds. The molecule has 1 N–H and O–H groups in total. The second kappa shape index (κ2) is 5.09. The summed E-state index contributed by atoms with van der Waals surface area (Å²) in [5, 5.41) is 4.93. The van der Waals surface area contributed by atoms with Gasteiger partial charge in [0.1, 0.15) is 0 Å². The molecule has 2 aromatic rings. The third kappa shape index (κ3) is 2.52. The summed E-state index contributed by atoms with van der Waals surface area (Å²) in [5.74, 6) is 1.17. The van der Waals surface area contributed by atoms with Crippen LogP contribution in [0.2, 0.25) is 0 Å². The Labute approximate surface area is 104 Å². The van der Waals surface area contributed by atoms with Crippen LogP contribution in [-0.4, -0.2) is 28.6 Å². The number of thiophene rings is 1. The normalized spacial score (nSPS) is 10.3. The molecule has 0 spiro atoms. The van der Waals surface area contributed by atoms with Crippen LogP contribution in [0.5, 0.6) is 6.01 Å². The van der Waals surface area contributed by atoms with E-state index in [1.165, 1.54) is 0 Å². The van der Waals surface area contributed by atoms with Crippen molar-refractivity contribution in [2.24, 2.45) is 0 Å². The second-order valence-corrected chi connectivity index (χ2v) is 4.30. The van der Waals surface area contributed by atoms with Crippen LogP contribution >= 0.6 is 11.3 Å². The van der Waals surface area contributed by atoms with Gasteiger partial charge >= 0.3 is 6.01 Å². The number of aryl methyl sites for hydroxylation is 1. The molecule has 0 unspecified atom stereocenters. The Kier molecular flexibility index (Phi) is 3.53. The van der Waals surface area contributed by atoms with E-state index in [-0.39, 0.29) is 0 Å². The van der Waals surface area contributed by atoms with Crippen molar-refractivity contribution in [2.75, 3.05) is 19.0 Å². The molecule has 0 aliphatic rings. The van der Waals surface area contributed by atoms with Gasteiger partial charge in [-0.15, -0.1) is 11.3 Å². The highest BCUT2D eigenvalue weighted by Gasteiger charge is 2.11. The lowest BCUT2D eigenvalue weighted by Crippen LogP contribution is -2.04. The summed E-state index contributed by atoms with van der Waals surface area (Å²) in [7, 11) is 1.77. The van der Waals surface area contributed by atoms with Gasteiger partial charge in [0.25, 0.3) is 0 Å². The number of nitrogens with one attached hydrogen (secondary N) is 1. The molecule has 17 heavy (non-hydrogen) atoms. The number of ether oxygens (including phenoxy) is 1. The molecule has 6 heteroatoms. The quantitative estimate of drug-likeness (QED) is 0.902. The lowest BCUT2D eigenvalue weighted by atomic mass is 10.3. The third-order valence-electron chi connectivity index (χ3n) is 2.18. The van der Waals surface area contributed by atoms with E-state index in [0.29, 0.717) is 24.4 Å². The second-order valence-electron chi connectivity index (χ2n) is 3.38. The molecule has 5 nitrogen and oxygen atoms in total. The fourth-order valence-electron chi connectivity index (χ4n) is 1.37. The Hall–Kier alpha value is -1.69. The maximum absolute atomic E-state index is 5.33. The molecule has 0 radical (unpaired) electrons. The van der Waals surface area contributed by atoms with Crippen molar-refractivity contribution < 1.29 is 4.74 Å². The minimum atomic E-state index is 0.356. The van der Waals surface area contributed by atoms with Crippen LogP contribution in [0.1, 0.15) is 12.5 Å². The molecule has 0 aliphatic carbocycles. The number of aromatic nitrogens is 3. The van der Waals surface area contributed by atoms with Gasteiger partial charge in [-0.25, -0.2) is 0 Å². The first kappa shape index (κ1) is 11.8. The third-order valence-corrected chi connectivity index (χ3v) is 3.19. The molecule has 0 saturated heterocycles. The zero-order chi connectivity index (χ0) is 12.3. The van der Waals surface area contributed by atoms with Gasteiger partial charge in [0, 0.05) is 7.05 Å². The van der Waals surface area contributed by atoms with Gasteiger partial charge in [0.05, 0.1) is 11.5 Å². The predicted molar refractivity (Wildman–Crippen MR) is 68.6 cm³/mol. The van der Waals surface area contributed by atoms with Crippen LogP contribution in [0.3, 0.4) is 0 Å². The summed E-state index contributed by atoms with van der Waals surface area (Å²) in [4.78, 5) is 13.8. The summed E-state index contributed by atoms with van der Waals surface area (Å²) < 4.78 is 5.33. The Bertz CT molecular complexity index is 512. The molecule has 2 heterocycles. The lowest BCUT2D eigenvalue weighted by molar-refractivity contribution is 0.312. The lowest BCUT2D eigenvalue weighted by Gasteiger charge is -2.06. The maximum atomic E-state index is 5.33. The van der Waals surface area contributed by atoms with E-state index in [1.807, 2.05) is 25.3 Å². The van der Waals surface area contributed by atoms with Gasteiger partial charge in [-0.2, -0.15) is 15.0 Å². The maximum Gasteiger partial charge on any atom is 0.321 e. The van der Waals surface area contributed by atoms with E-state index < -0.39 is 0 Å². The van der Waals surface area contributed by atoms with Crippen molar-refractivity contribution in [2.45, 2.75) is 13.8 Å². The average molecular weight is 250 g/mol. The molecular weight excluding hydrogens is 236 g/mol. The van der Waals surface area contributed by atoms with E-state index >= 15 is 0 Å². The van der Waals surface area contributed by atoms with Crippen molar-refractivity contribution in [1.29, 1.82) is 0 Å². The minimum Gasteiger partial charge on any atom is -0.464 e. The van der Waals surface area contributed by atoms with Gasteiger partial charge < -0.3 is 10.1 Å². The number of rotatable bonds is 4. The molecule has 90 valence electrons. The molecule has 2 aromatic heterocycles. The van der Waals surface area contributed by atoms with Gasteiger partial charge in [0.15, 0.2) is 5.82 Å². The SMILES string of the molecule is CCOc1nc(NC)nc(-c2sccc2C)n1. The fraction of sp³-hybridized carbons (Fsp3) is 0.364. The first-order valence-corrected chi connectivity index (χ1v) is 6.23. The highest BCUT2D eigenvalue weighted by molar-refractivity contribution is 7.13. The number of anilines is 1. The molecule has 0 aromatic carbocycles. The van der Waals surface area contributed by atoms with Gasteiger partial charge in [0.2, 0.25) is 5.95 Å². The van der Waals surface area contributed by atoms with Crippen LogP contribution in [0.25, 0.3) is 10.7 Å². The monoisotopic (exact) mass is 250 g/mol. The van der Waals surface area contributed by atoms with Crippen LogP contribution in [0.15, 0.2) is 11.4 Å². The van der Waals surface area contributed by atoms with E-state index in [2.05, 4.69) is 20.3 Å². The van der Waals surface area contributed by atoms with Crippen molar-refractivity contribution in [3.63, 3.8) is 0 Å². The fourth-order valence-corrected chi connectivity index (χ4v) is 2.22. The Morgan fingerprint density at radius 1 is 1.35 bits per heavy atom. The van der Waals surface area contributed by atoms with E-state index in [9.17, 15) is 0 Å². The summed E-state index contributed by atoms with van der Waals surface area (Å²) >= 11 is 1.61. The molecular formula is C11H14N4OS. The number of nitrogens with zero attached hydrogens (tertiary/aromatic N) is 3.